The lowest BCUT2D eigenvalue weighted by Crippen LogP contribution is -2.03. The molecule has 0 spiro atoms. The Labute approximate surface area is 144 Å². The maximum Gasteiger partial charge on any atom is 0.161 e. The van der Waals surface area contributed by atoms with Crippen molar-refractivity contribution in [2.45, 2.75) is 9.79 Å². The molecule has 0 unspecified atom stereocenters. The molecule has 2 heterocycles. The van der Waals surface area contributed by atoms with Crippen molar-refractivity contribution in [3.05, 3.63) is 64.6 Å². The number of aromatic amines is 1. The molecular weight excluding hydrogens is 409 g/mol. The molecule has 9 heteroatoms. The minimum atomic E-state index is -3.86. The first-order valence-corrected chi connectivity index (χ1v) is 8.87. The van der Waals surface area contributed by atoms with Gasteiger partial charge in [-0.3, -0.25) is 9.11 Å². The second-order valence-corrected chi connectivity index (χ2v) is 7.66. The highest BCUT2D eigenvalue weighted by atomic mass is 79.9. The molecule has 0 amide bonds. The zero-order valence-electron chi connectivity index (χ0n) is 11.8. The van der Waals surface area contributed by atoms with Gasteiger partial charge >= 0.3 is 0 Å². The number of nitrogens with zero attached hydrogens (tertiary/aromatic N) is 1. The summed E-state index contributed by atoms with van der Waals surface area (Å²) in [5.74, 6) is -4.01. The standard InChI is InChI=1S/C15H10BrF3N2O2S/c16-15-3-1-2-12(21-15)13-4-8(7-20-13)24(22,23)14-6-10(18)9(17)5-11(14)19/h1-7,20,22-23H. The molecule has 3 aromatic rings. The first-order chi connectivity index (χ1) is 11.3. The molecule has 0 saturated carbocycles. The fourth-order valence-electron chi connectivity index (χ4n) is 2.09. The van der Waals surface area contributed by atoms with Gasteiger partial charge in [-0.1, -0.05) is 6.07 Å². The van der Waals surface area contributed by atoms with Crippen molar-refractivity contribution >= 4 is 26.5 Å². The number of pyridine rings is 1. The van der Waals surface area contributed by atoms with Crippen molar-refractivity contribution in [2.24, 2.45) is 0 Å². The zero-order chi connectivity index (χ0) is 17.5. The monoisotopic (exact) mass is 418 g/mol. The Morgan fingerprint density at radius 3 is 2.42 bits per heavy atom. The highest BCUT2D eigenvalue weighted by Gasteiger charge is 2.26. The summed E-state index contributed by atoms with van der Waals surface area (Å²) in [5.41, 5.74) is 0.964. The lowest BCUT2D eigenvalue weighted by atomic mass is 10.3. The van der Waals surface area contributed by atoms with E-state index in [0.717, 1.165) is 0 Å². The number of benzene rings is 1. The number of nitrogens with one attached hydrogen (secondary N) is 1. The van der Waals surface area contributed by atoms with Crippen molar-refractivity contribution in [3.8, 4) is 11.4 Å². The molecule has 0 saturated heterocycles. The number of rotatable bonds is 3. The van der Waals surface area contributed by atoms with Gasteiger partial charge in [-0.05, 0) is 34.1 Å². The van der Waals surface area contributed by atoms with Crippen LogP contribution in [0, 0.1) is 17.5 Å². The molecule has 1 aromatic carbocycles. The van der Waals surface area contributed by atoms with Gasteiger partial charge in [0.1, 0.15) is 15.3 Å². The third-order valence-electron chi connectivity index (χ3n) is 3.26. The normalized spacial score (nSPS) is 12.4. The van der Waals surface area contributed by atoms with Gasteiger partial charge in [-0.25, -0.2) is 18.2 Å². The topological polar surface area (TPSA) is 69.1 Å². The number of H-pyrrole nitrogens is 1. The van der Waals surface area contributed by atoms with Crippen LogP contribution in [-0.2, 0) is 0 Å². The third kappa shape index (κ3) is 3.07. The van der Waals surface area contributed by atoms with Crippen molar-refractivity contribution in [3.63, 3.8) is 0 Å². The second kappa shape index (κ2) is 6.25. The largest absolute Gasteiger partial charge is 0.358 e. The van der Waals surface area contributed by atoms with Gasteiger partial charge in [-0.15, -0.1) is 10.6 Å². The van der Waals surface area contributed by atoms with Crippen LogP contribution in [0.25, 0.3) is 11.4 Å². The van der Waals surface area contributed by atoms with Crippen molar-refractivity contribution < 1.29 is 22.3 Å². The number of halogens is 4. The van der Waals surface area contributed by atoms with Gasteiger partial charge in [-0.2, -0.15) is 0 Å². The Morgan fingerprint density at radius 2 is 1.71 bits per heavy atom. The summed E-state index contributed by atoms with van der Waals surface area (Å²) in [5, 5.41) is 0. The van der Waals surface area contributed by atoms with E-state index in [2.05, 4.69) is 25.9 Å². The van der Waals surface area contributed by atoms with Crippen LogP contribution in [0.5, 0.6) is 0 Å². The van der Waals surface area contributed by atoms with Gasteiger partial charge in [0.15, 0.2) is 11.6 Å². The number of hydrogen-bond acceptors (Lipinski definition) is 3. The number of hydrogen-bond donors (Lipinski definition) is 3. The van der Waals surface area contributed by atoms with E-state index in [1.165, 1.54) is 12.3 Å². The van der Waals surface area contributed by atoms with Gasteiger partial charge in [0.25, 0.3) is 0 Å². The molecule has 24 heavy (non-hydrogen) atoms. The van der Waals surface area contributed by atoms with Gasteiger partial charge in [0, 0.05) is 18.3 Å². The maximum atomic E-state index is 13.9. The molecule has 0 bridgehead atoms. The van der Waals surface area contributed by atoms with Crippen molar-refractivity contribution in [1.29, 1.82) is 0 Å². The molecule has 0 aliphatic carbocycles. The molecule has 0 fully saturated rings. The minimum Gasteiger partial charge on any atom is -0.358 e. The second-order valence-electron chi connectivity index (χ2n) is 4.84. The van der Waals surface area contributed by atoms with Crippen molar-refractivity contribution in [2.75, 3.05) is 0 Å². The molecule has 0 atom stereocenters. The molecular formula is C15H10BrF3N2O2S. The first-order valence-electron chi connectivity index (χ1n) is 6.53. The Bertz CT molecular complexity index is 917. The Balaban J connectivity index is 2.04. The van der Waals surface area contributed by atoms with Gasteiger partial charge in [0.2, 0.25) is 0 Å². The Hall–Kier alpha value is -1.81. The quantitative estimate of drug-likeness (QED) is 0.392. The lowest BCUT2D eigenvalue weighted by Gasteiger charge is -2.31. The fraction of sp³-hybridized carbons (Fsp3) is 0. The van der Waals surface area contributed by atoms with Crippen LogP contribution in [0.4, 0.5) is 13.2 Å². The highest BCUT2D eigenvalue weighted by Crippen LogP contribution is 2.57. The minimum absolute atomic E-state index is 0.0656. The molecule has 0 radical (unpaired) electrons. The van der Waals surface area contributed by atoms with Gasteiger partial charge in [0.05, 0.1) is 16.3 Å². The van der Waals surface area contributed by atoms with Crippen LogP contribution in [0.15, 0.2) is 57.0 Å². The molecule has 0 aliphatic rings. The summed E-state index contributed by atoms with van der Waals surface area (Å²) < 4.78 is 61.5. The number of aromatic nitrogens is 2. The van der Waals surface area contributed by atoms with E-state index in [1.54, 1.807) is 18.2 Å². The van der Waals surface area contributed by atoms with Crippen LogP contribution in [0.3, 0.4) is 0 Å². The zero-order valence-corrected chi connectivity index (χ0v) is 14.2. The summed E-state index contributed by atoms with van der Waals surface area (Å²) in [6.07, 6.45) is 1.26. The summed E-state index contributed by atoms with van der Waals surface area (Å²) in [4.78, 5) is 6.22. The van der Waals surface area contributed by atoms with Crippen LogP contribution in [0.1, 0.15) is 0 Å². The smallest absolute Gasteiger partial charge is 0.161 e. The van der Waals surface area contributed by atoms with E-state index < -0.39 is 32.9 Å². The Kier molecular flexibility index (Phi) is 4.43. The van der Waals surface area contributed by atoms with E-state index in [-0.39, 0.29) is 11.0 Å². The molecule has 3 rings (SSSR count). The van der Waals surface area contributed by atoms with E-state index in [1.807, 2.05) is 0 Å². The van der Waals surface area contributed by atoms with Crippen LogP contribution in [0.2, 0.25) is 0 Å². The average Bonchev–Trinajstić information content (AvgIpc) is 3.01. The average molecular weight is 419 g/mol. The SMILES string of the molecule is OS(O)(c1c[nH]c(-c2cccc(Br)n2)c1)c1cc(F)c(F)cc1F. The van der Waals surface area contributed by atoms with Crippen LogP contribution < -0.4 is 0 Å². The molecule has 4 nitrogen and oxygen atoms in total. The lowest BCUT2D eigenvalue weighted by molar-refractivity contribution is 0.458. The maximum absolute atomic E-state index is 13.9. The summed E-state index contributed by atoms with van der Waals surface area (Å²) in [6, 6.07) is 7.24. The summed E-state index contributed by atoms with van der Waals surface area (Å²) in [7, 11) is -3.86. The van der Waals surface area contributed by atoms with Crippen LogP contribution in [-0.4, -0.2) is 19.1 Å². The first kappa shape index (κ1) is 17.0. The Morgan fingerprint density at radius 1 is 1.00 bits per heavy atom. The molecule has 0 aliphatic heterocycles. The third-order valence-corrected chi connectivity index (χ3v) is 5.52. The predicted molar refractivity (Wildman–Crippen MR) is 87.4 cm³/mol. The highest BCUT2D eigenvalue weighted by molar-refractivity contribution is 9.10. The van der Waals surface area contributed by atoms with E-state index in [4.69, 9.17) is 0 Å². The summed E-state index contributed by atoms with van der Waals surface area (Å²) >= 11 is 3.22. The van der Waals surface area contributed by atoms with Gasteiger partial charge < -0.3 is 4.98 Å². The summed E-state index contributed by atoms with van der Waals surface area (Å²) in [6.45, 7) is 0. The van der Waals surface area contributed by atoms with E-state index >= 15 is 0 Å². The fourth-order valence-corrected chi connectivity index (χ4v) is 3.80. The van der Waals surface area contributed by atoms with E-state index in [9.17, 15) is 22.3 Å². The molecule has 3 N–H and O–H groups in total. The molecule has 2 aromatic heterocycles. The van der Waals surface area contributed by atoms with E-state index in [0.29, 0.717) is 22.1 Å². The predicted octanol–water partition coefficient (Wildman–Crippen LogP) is 5.43. The van der Waals surface area contributed by atoms with Crippen molar-refractivity contribution in [1.82, 2.24) is 9.97 Å². The molecule has 126 valence electrons. The van der Waals surface area contributed by atoms with Crippen LogP contribution >= 0.6 is 26.5 Å².